The highest BCUT2D eigenvalue weighted by molar-refractivity contribution is 5.98. The third-order valence-corrected chi connectivity index (χ3v) is 6.84. The molecule has 2 aliphatic rings. The number of ether oxygens (including phenoxy) is 3. The number of piperidine rings is 1. The van der Waals surface area contributed by atoms with E-state index in [0.29, 0.717) is 54.3 Å². The Morgan fingerprint density at radius 3 is 2.50 bits per heavy atom. The van der Waals surface area contributed by atoms with Crippen LogP contribution >= 0.6 is 0 Å². The van der Waals surface area contributed by atoms with Gasteiger partial charge in [-0.25, -0.2) is 0 Å². The van der Waals surface area contributed by atoms with Gasteiger partial charge in [0.2, 0.25) is 12.7 Å². The van der Waals surface area contributed by atoms with Gasteiger partial charge in [-0.2, -0.15) is 0 Å². The quantitative estimate of drug-likeness (QED) is 0.583. The predicted octanol–water partition coefficient (Wildman–Crippen LogP) is 2.99. The first-order chi connectivity index (χ1) is 17.4. The van der Waals surface area contributed by atoms with E-state index in [9.17, 15) is 14.4 Å². The highest BCUT2D eigenvalue weighted by Crippen LogP contribution is 2.32. The van der Waals surface area contributed by atoms with Crippen LogP contribution in [0.15, 0.2) is 42.5 Å². The summed E-state index contributed by atoms with van der Waals surface area (Å²) in [7, 11) is 1.54. The van der Waals surface area contributed by atoms with Crippen LogP contribution in [-0.2, 0) is 4.79 Å². The average molecular weight is 496 g/mol. The van der Waals surface area contributed by atoms with Crippen molar-refractivity contribution in [1.29, 1.82) is 0 Å². The lowest BCUT2D eigenvalue weighted by Crippen LogP contribution is -2.55. The van der Waals surface area contributed by atoms with Crippen molar-refractivity contribution in [1.82, 2.24) is 15.5 Å². The molecule has 0 aliphatic carbocycles. The normalized spacial score (nSPS) is 16.7. The zero-order chi connectivity index (χ0) is 25.7. The molecule has 1 saturated heterocycles. The maximum absolute atomic E-state index is 13.2. The van der Waals surface area contributed by atoms with Crippen LogP contribution < -0.4 is 24.8 Å². The van der Waals surface area contributed by atoms with E-state index in [-0.39, 0.29) is 36.5 Å². The second-order valence-corrected chi connectivity index (χ2v) is 9.17. The molecule has 0 spiro atoms. The smallest absolute Gasteiger partial charge is 0.257 e. The number of nitrogens with zero attached hydrogens (tertiary/aromatic N) is 1. The van der Waals surface area contributed by atoms with Gasteiger partial charge in [-0.05, 0) is 62.4 Å². The van der Waals surface area contributed by atoms with Gasteiger partial charge < -0.3 is 29.7 Å². The van der Waals surface area contributed by atoms with Crippen LogP contribution in [0.25, 0.3) is 0 Å². The Bertz CT molecular complexity index is 1110. The van der Waals surface area contributed by atoms with Gasteiger partial charge in [0, 0.05) is 24.7 Å². The summed E-state index contributed by atoms with van der Waals surface area (Å²) >= 11 is 0. The van der Waals surface area contributed by atoms with Gasteiger partial charge in [0.25, 0.3) is 11.8 Å². The summed E-state index contributed by atoms with van der Waals surface area (Å²) in [4.78, 5) is 41.2. The van der Waals surface area contributed by atoms with E-state index in [0.717, 1.165) is 6.42 Å². The molecule has 36 heavy (non-hydrogen) atoms. The van der Waals surface area contributed by atoms with E-state index in [4.69, 9.17) is 14.2 Å². The largest absolute Gasteiger partial charge is 0.496 e. The number of benzene rings is 2. The van der Waals surface area contributed by atoms with E-state index in [2.05, 4.69) is 10.6 Å². The molecule has 0 unspecified atom stereocenters. The second-order valence-electron chi connectivity index (χ2n) is 9.17. The minimum Gasteiger partial charge on any atom is -0.496 e. The maximum Gasteiger partial charge on any atom is 0.257 e. The molecule has 2 aromatic rings. The van der Waals surface area contributed by atoms with Gasteiger partial charge in [0.05, 0.1) is 12.7 Å². The highest BCUT2D eigenvalue weighted by atomic mass is 16.7. The zero-order valence-corrected chi connectivity index (χ0v) is 20.9. The molecule has 4 rings (SSSR count). The number of carbonyl (C=O) groups is 3. The summed E-state index contributed by atoms with van der Waals surface area (Å²) in [6, 6.07) is 11.4. The lowest BCUT2D eigenvalue weighted by molar-refractivity contribution is -0.125. The van der Waals surface area contributed by atoms with Crippen molar-refractivity contribution in [2.45, 2.75) is 45.2 Å². The molecule has 0 saturated carbocycles. The fourth-order valence-corrected chi connectivity index (χ4v) is 4.52. The number of methoxy groups -OCH3 is 1. The van der Waals surface area contributed by atoms with Crippen LogP contribution in [0, 0.1) is 5.92 Å². The van der Waals surface area contributed by atoms with Gasteiger partial charge in [-0.15, -0.1) is 0 Å². The SMILES string of the molecule is CC[C@H](C)NC(=O)[C@@H](NC(=O)c1ccc2c(c1)OCO2)C1CCN(C(=O)c2ccccc2OC)CC1. The third-order valence-electron chi connectivity index (χ3n) is 6.84. The summed E-state index contributed by atoms with van der Waals surface area (Å²) in [6.45, 7) is 5.01. The van der Waals surface area contributed by atoms with Gasteiger partial charge in [-0.3, -0.25) is 14.4 Å². The first-order valence-corrected chi connectivity index (χ1v) is 12.3. The van der Waals surface area contributed by atoms with Crippen molar-refractivity contribution in [3.63, 3.8) is 0 Å². The number of hydrogen-bond acceptors (Lipinski definition) is 6. The molecule has 0 radical (unpaired) electrons. The molecule has 0 aromatic heterocycles. The van der Waals surface area contributed by atoms with Gasteiger partial charge in [0.15, 0.2) is 11.5 Å². The third kappa shape index (κ3) is 5.56. The number of carbonyl (C=O) groups excluding carboxylic acids is 3. The second kappa shape index (κ2) is 11.3. The molecular weight excluding hydrogens is 462 g/mol. The predicted molar refractivity (Wildman–Crippen MR) is 133 cm³/mol. The number of hydrogen-bond donors (Lipinski definition) is 2. The number of rotatable bonds is 8. The van der Waals surface area contributed by atoms with E-state index in [1.165, 1.54) is 0 Å². The Morgan fingerprint density at radius 1 is 1.06 bits per heavy atom. The molecule has 0 bridgehead atoms. The molecule has 9 heteroatoms. The summed E-state index contributed by atoms with van der Waals surface area (Å²) in [6.07, 6.45) is 1.95. The summed E-state index contributed by atoms with van der Waals surface area (Å²) in [5.41, 5.74) is 0.907. The summed E-state index contributed by atoms with van der Waals surface area (Å²) in [5.74, 6) is 0.838. The standard InChI is InChI=1S/C27H33N3O6/c1-4-17(2)28-26(32)24(29-25(31)19-9-10-22-23(15-19)36-16-35-22)18-11-13-30(14-12-18)27(33)20-7-5-6-8-21(20)34-3/h5-10,15,17-18,24H,4,11-14,16H2,1-3H3,(H,28,32)(H,29,31)/t17-,24-/m0/s1. The molecule has 2 N–H and O–H groups in total. The summed E-state index contributed by atoms with van der Waals surface area (Å²) in [5, 5.41) is 5.95. The van der Waals surface area contributed by atoms with Crippen LogP contribution in [0.1, 0.15) is 53.8 Å². The topological polar surface area (TPSA) is 106 Å². The van der Waals surface area contributed by atoms with Crippen LogP contribution in [0.3, 0.4) is 0 Å². The first kappa shape index (κ1) is 25.3. The van der Waals surface area contributed by atoms with Crippen molar-refractivity contribution >= 4 is 17.7 Å². The highest BCUT2D eigenvalue weighted by Gasteiger charge is 2.35. The Morgan fingerprint density at radius 2 is 1.78 bits per heavy atom. The maximum atomic E-state index is 13.2. The zero-order valence-electron chi connectivity index (χ0n) is 20.9. The molecule has 9 nitrogen and oxygen atoms in total. The Kier molecular flexibility index (Phi) is 7.97. The van der Waals surface area contributed by atoms with E-state index in [1.807, 2.05) is 26.0 Å². The van der Waals surface area contributed by atoms with Crippen LogP contribution in [-0.4, -0.2) is 61.7 Å². The summed E-state index contributed by atoms with van der Waals surface area (Å²) < 4.78 is 16.1. The van der Waals surface area contributed by atoms with Gasteiger partial charge >= 0.3 is 0 Å². The monoisotopic (exact) mass is 495 g/mol. The lowest BCUT2D eigenvalue weighted by Gasteiger charge is -2.36. The molecule has 1 fully saturated rings. The van der Waals surface area contributed by atoms with Crippen LogP contribution in [0.2, 0.25) is 0 Å². The number of fused-ring (bicyclic) bond motifs is 1. The van der Waals surface area contributed by atoms with Gasteiger partial charge in [0.1, 0.15) is 11.8 Å². The van der Waals surface area contributed by atoms with Crippen molar-refractivity contribution in [2.24, 2.45) is 5.92 Å². The van der Waals surface area contributed by atoms with E-state index in [1.54, 1.807) is 42.3 Å². The minimum atomic E-state index is -0.722. The Hall–Kier alpha value is -3.75. The number of likely N-dealkylation sites (tertiary alicyclic amines) is 1. The number of nitrogens with one attached hydrogen (secondary N) is 2. The Labute approximate surface area is 211 Å². The lowest BCUT2D eigenvalue weighted by atomic mass is 9.88. The molecular formula is C27H33N3O6. The number of para-hydroxylation sites is 1. The molecule has 2 aromatic carbocycles. The van der Waals surface area contributed by atoms with E-state index < -0.39 is 6.04 Å². The molecule has 3 amide bonds. The van der Waals surface area contributed by atoms with Crippen molar-refractivity contribution in [3.8, 4) is 17.2 Å². The fourth-order valence-electron chi connectivity index (χ4n) is 4.52. The molecule has 2 heterocycles. The fraction of sp³-hybridized carbons (Fsp3) is 0.444. The van der Waals surface area contributed by atoms with Crippen molar-refractivity contribution < 1.29 is 28.6 Å². The Balaban J connectivity index is 1.46. The number of amides is 3. The van der Waals surface area contributed by atoms with Crippen LogP contribution in [0.5, 0.6) is 17.2 Å². The van der Waals surface area contributed by atoms with E-state index >= 15 is 0 Å². The molecule has 192 valence electrons. The van der Waals surface area contributed by atoms with Crippen LogP contribution in [0.4, 0.5) is 0 Å². The average Bonchev–Trinajstić information content (AvgIpc) is 3.39. The van der Waals surface area contributed by atoms with Crippen molar-refractivity contribution in [3.05, 3.63) is 53.6 Å². The minimum absolute atomic E-state index is 0.0188. The first-order valence-electron chi connectivity index (χ1n) is 12.3. The van der Waals surface area contributed by atoms with Crippen molar-refractivity contribution in [2.75, 3.05) is 27.0 Å². The molecule has 2 aliphatic heterocycles. The van der Waals surface area contributed by atoms with Gasteiger partial charge in [-0.1, -0.05) is 19.1 Å². The molecule has 2 atom stereocenters.